The van der Waals surface area contributed by atoms with Crippen molar-refractivity contribution in [2.45, 2.75) is 31.8 Å². The summed E-state index contributed by atoms with van der Waals surface area (Å²) < 4.78 is 0. The van der Waals surface area contributed by atoms with E-state index in [4.69, 9.17) is 5.11 Å². The molecular formula is C17H19NO2S. The summed E-state index contributed by atoms with van der Waals surface area (Å²) in [5, 5.41) is 12.5. The van der Waals surface area contributed by atoms with Crippen molar-refractivity contribution in [3.63, 3.8) is 0 Å². The fourth-order valence-corrected chi connectivity index (χ4v) is 3.58. The maximum Gasteiger partial charge on any atom is 0.308 e. The van der Waals surface area contributed by atoms with E-state index in [1.54, 1.807) is 11.3 Å². The smallest absolute Gasteiger partial charge is 0.308 e. The minimum atomic E-state index is -0.767. The maximum atomic E-state index is 10.7. The number of hydrogen-bond acceptors (Lipinski definition) is 3. The van der Waals surface area contributed by atoms with Crippen LogP contribution in [0.4, 0.5) is 0 Å². The first-order valence-corrected chi connectivity index (χ1v) is 8.12. The number of aliphatic carboxylic acids is 1. The number of rotatable bonds is 7. The van der Waals surface area contributed by atoms with Gasteiger partial charge >= 0.3 is 5.97 Å². The molecule has 1 fully saturated rings. The molecule has 1 unspecified atom stereocenters. The van der Waals surface area contributed by atoms with E-state index >= 15 is 0 Å². The van der Waals surface area contributed by atoms with E-state index in [0.29, 0.717) is 6.04 Å². The Morgan fingerprint density at radius 3 is 2.57 bits per heavy atom. The molecule has 1 aromatic carbocycles. The number of carboxylic acid groups (broad SMARTS) is 1. The van der Waals surface area contributed by atoms with Gasteiger partial charge in [0, 0.05) is 22.3 Å². The lowest BCUT2D eigenvalue weighted by molar-refractivity contribution is -0.136. The molecule has 1 atom stereocenters. The minimum absolute atomic E-state index is 0.120. The van der Waals surface area contributed by atoms with Crippen molar-refractivity contribution in [1.29, 1.82) is 0 Å². The predicted molar refractivity (Wildman–Crippen MR) is 84.4 cm³/mol. The van der Waals surface area contributed by atoms with E-state index in [2.05, 4.69) is 29.6 Å². The first kappa shape index (κ1) is 14.3. The van der Waals surface area contributed by atoms with Crippen molar-refractivity contribution in [2.24, 2.45) is 5.92 Å². The van der Waals surface area contributed by atoms with Crippen LogP contribution in [0, 0.1) is 5.92 Å². The van der Waals surface area contributed by atoms with Crippen LogP contribution in [0.15, 0.2) is 42.5 Å². The summed E-state index contributed by atoms with van der Waals surface area (Å²) in [4.78, 5) is 12.8. The molecule has 4 heteroatoms. The third-order valence-electron chi connectivity index (χ3n) is 3.79. The summed E-state index contributed by atoms with van der Waals surface area (Å²) in [5.74, 6) is -0.0256. The van der Waals surface area contributed by atoms with Gasteiger partial charge in [0.2, 0.25) is 0 Å². The Balaban J connectivity index is 1.62. The summed E-state index contributed by atoms with van der Waals surface area (Å²) in [6, 6.07) is 14.9. The zero-order chi connectivity index (χ0) is 14.7. The Morgan fingerprint density at radius 1 is 1.19 bits per heavy atom. The molecule has 21 heavy (non-hydrogen) atoms. The van der Waals surface area contributed by atoms with Crippen LogP contribution in [0.2, 0.25) is 0 Å². The summed E-state index contributed by atoms with van der Waals surface area (Å²) in [6.07, 6.45) is 2.71. The number of nitrogens with one attached hydrogen (secondary N) is 1. The summed E-state index contributed by atoms with van der Waals surface area (Å²) >= 11 is 1.59. The third-order valence-corrected chi connectivity index (χ3v) is 4.88. The van der Waals surface area contributed by atoms with Gasteiger partial charge in [-0.25, -0.2) is 0 Å². The Kier molecular flexibility index (Phi) is 4.36. The molecule has 1 aliphatic rings. The lowest BCUT2D eigenvalue weighted by Crippen LogP contribution is -2.22. The fraction of sp³-hybridized carbons (Fsp3) is 0.353. The predicted octanol–water partition coefficient (Wildman–Crippen LogP) is 3.62. The third kappa shape index (κ3) is 3.93. The molecule has 0 aliphatic heterocycles. The SMILES string of the molecule is O=C(O)Cc1ccc(CNC(c2ccccc2)C2CC2)s1. The van der Waals surface area contributed by atoms with Crippen LogP contribution in [0.3, 0.4) is 0 Å². The van der Waals surface area contributed by atoms with Crippen molar-refractivity contribution in [3.05, 3.63) is 57.8 Å². The fourth-order valence-electron chi connectivity index (χ4n) is 2.62. The number of thiophene rings is 1. The Hall–Kier alpha value is -1.65. The van der Waals surface area contributed by atoms with Gasteiger partial charge in [-0.3, -0.25) is 4.79 Å². The van der Waals surface area contributed by atoms with Crippen LogP contribution in [0.5, 0.6) is 0 Å². The second-order valence-corrected chi connectivity index (χ2v) is 6.80. The van der Waals surface area contributed by atoms with Gasteiger partial charge in [-0.15, -0.1) is 11.3 Å². The number of hydrogen-bond donors (Lipinski definition) is 2. The highest BCUT2D eigenvalue weighted by Gasteiger charge is 2.31. The van der Waals surface area contributed by atoms with Crippen LogP contribution in [-0.2, 0) is 17.8 Å². The first-order valence-electron chi connectivity index (χ1n) is 7.30. The van der Waals surface area contributed by atoms with Gasteiger partial charge in [0.15, 0.2) is 0 Å². The number of carboxylic acids is 1. The number of carbonyl (C=O) groups is 1. The van der Waals surface area contributed by atoms with Crippen LogP contribution < -0.4 is 5.32 Å². The maximum absolute atomic E-state index is 10.7. The van der Waals surface area contributed by atoms with Crippen molar-refractivity contribution in [3.8, 4) is 0 Å². The van der Waals surface area contributed by atoms with Crippen LogP contribution in [0.1, 0.15) is 34.2 Å². The van der Waals surface area contributed by atoms with E-state index in [1.807, 2.05) is 18.2 Å². The van der Waals surface area contributed by atoms with E-state index in [9.17, 15) is 4.79 Å². The molecule has 0 spiro atoms. The molecule has 3 nitrogen and oxygen atoms in total. The molecule has 0 bridgehead atoms. The molecule has 2 N–H and O–H groups in total. The Labute approximate surface area is 128 Å². The summed E-state index contributed by atoms with van der Waals surface area (Å²) in [6.45, 7) is 0.806. The van der Waals surface area contributed by atoms with Gasteiger partial charge in [-0.1, -0.05) is 30.3 Å². The van der Waals surface area contributed by atoms with Crippen molar-refractivity contribution < 1.29 is 9.90 Å². The molecule has 3 rings (SSSR count). The van der Waals surface area contributed by atoms with Gasteiger partial charge in [0.05, 0.1) is 6.42 Å². The Bertz CT molecular complexity index is 604. The van der Waals surface area contributed by atoms with Gasteiger partial charge < -0.3 is 10.4 Å². The largest absolute Gasteiger partial charge is 0.481 e. The molecular weight excluding hydrogens is 282 g/mol. The zero-order valence-corrected chi connectivity index (χ0v) is 12.6. The lowest BCUT2D eigenvalue weighted by atomic mass is 10.0. The molecule has 2 aromatic rings. The average molecular weight is 301 g/mol. The quantitative estimate of drug-likeness (QED) is 0.821. The Morgan fingerprint density at radius 2 is 1.90 bits per heavy atom. The number of benzene rings is 1. The topological polar surface area (TPSA) is 49.3 Å². The van der Waals surface area contributed by atoms with Gasteiger partial charge in [0.1, 0.15) is 0 Å². The van der Waals surface area contributed by atoms with Crippen molar-refractivity contribution in [1.82, 2.24) is 5.32 Å². The standard InChI is InChI=1S/C17H19NO2S/c19-16(20)10-14-8-9-15(21-14)11-18-17(13-6-7-13)12-4-2-1-3-5-12/h1-5,8-9,13,17-18H,6-7,10-11H2,(H,19,20). The molecule has 1 saturated carbocycles. The normalized spacial score (nSPS) is 15.8. The summed E-state index contributed by atoms with van der Waals surface area (Å²) in [5.41, 5.74) is 1.35. The van der Waals surface area contributed by atoms with Crippen LogP contribution >= 0.6 is 11.3 Å². The summed E-state index contributed by atoms with van der Waals surface area (Å²) in [7, 11) is 0. The van der Waals surface area contributed by atoms with Crippen molar-refractivity contribution in [2.75, 3.05) is 0 Å². The zero-order valence-electron chi connectivity index (χ0n) is 11.8. The molecule has 110 valence electrons. The molecule has 0 saturated heterocycles. The van der Waals surface area contributed by atoms with Gasteiger partial charge in [-0.05, 0) is 36.5 Å². The molecule has 1 aromatic heterocycles. The highest BCUT2D eigenvalue weighted by Crippen LogP contribution is 2.41. The average Bonchev–Trinajstić information content (AvgIpc) is 3.21. The first-order chi connectivity index (χ1) is 10.2. The second kappa shape index (κ2) is 6.41. The lowest BCUT2D eigenvalue weighted by Gasteiger charge is -2.18. The van der Waals surface area contributed by atoms with Gasteiger partial charge in [0.25, 0.3) is 0 Å². The monoisotopic (exact) mass is 301 g/mol. The van der Waals surface area contributed by atoms with E-state index in [0.717, 1.165) is 17.3 Å². The molecule has 1 heterocycles. The highest BCUT2D eigenvalue weighted by atomic mass is 32.1. The second-order valence-electron chi connectivity index (χ2n) is 5.55. The van der Waals surface area contributed by atoms with Crippen molar-refractivity contribution >= 4 is 17.3 Å². The van der Waals surface area contributed by atoms with E-state index in [-0.39, 0.29) is 6.42 Å². The minimum Gasteiger partial charge on any atom is -0.481 e. The van der Waals surface area contributed by atoms with Crippen LogP contribution in [0.25, 0.3) is 0 Å². The molecule has 0 radical (unpaired) electrons. The molecule has 1 aliphatic carbocycles. The van der Waals surface area contributed by atoms with E-state index < -0.39 is 5.97 Å². The van der Waals surface area contributed by atoms with Crippen LogP contribution in [-0.4, -0.2) is 11.1 Å². The van der Waals surface area contributed by atoms with Gasteiger partial charge in [-0.2, -0.15) is 0 Å². The molecule has 0 amide bonds. The van der Waals surface area contributed by atoms with E-state index in [1.165, 1.54) is 23.3 Å². The highest BCUT2D eigenvalue weighted by molar-refractivity contribution is 7.12.